The largest absolute Gasteiger partial charge is 0.433 e. The van der Waals surface area contributed by atoms with Crippen molar-refractivity contribution in [3.8, 4) is 16.9 Å². The van der Waals surface area contributed by atoms with E-state index in [1.165, 1.54) is 10.7 Å². The molecule has 1 N–H and O–H groups in total. The molecule has 1 atom stereocenters. The van der Waals surface area contributed by atoms with Crippen molar-refractivity contribution < 1.29 is 18.3 Å². The molecule has 5 heterocycles. The molecule has 39 heavy (non-hydrogen) atoms. The fraction of sp³-hybridized carbons (Fsp3) is 0.346. The van der Waals surface area contributed by atoms with Gasteiger partial charge >= 0.3 is 12.6 Å². The number of hydrogen-bond acceptors (Lipinski definition) is 7. The number of carbonyl (C=O) groups excluding carboxylic acids is 1. The second-order valence-electron chi connectivity index (χ2n) is 9.65. The fourth-order valence-electron chi connectivity index (χ4n) is 5.22. The number of anilines is 1. The van der Waals surface area contributed by atoms with E-state index in [0.717, 1.165) is 11.1 Å². The van der Waals surface area contributed by atoms with Gasteiger partial charge in [-0.1, -0.05) is 6.07 Å². The van der Waals surface area contributed by atoms with E-state index in [2.05, 4.69) is 29.9 Å². The molecule has 2 aliphatic rings. The molecule has 4 aromatic rings. The SMILES string of the molecule is Cc1ccc(OC(F)F)c(Cn2c3cc(-c4cnc(N5CCN6C(=O)NCC6C5)nc4)ccc3c(=O)n2C)n1. The molecule has 1 aromatic carbocycles. The van der Waals surface area contributed by atoms with Crippen molar-refractivity contribution in [2.45, 2.75) is 26.1 Å². The summed E-state index contributed by atoms with van der Waals surface area (Å²) < 4.78 is 33.8. The normalized spacial score (nSPS) is 17.2. The molecule has 0 spiro atoms. The van der Waals surface area contributed by atoms with Gasteiger partial charge in [-0.25, -0.2) is 14.8 Å². The molecule has 202 valence electrons. The summed E-state index contributed by atoms with van der Waals surface area (Å²) in [7, 11) is 1.62. The van der Waals surface area contributed by atoms with Gasteiger partial charge < -0.3 is 19.9 Å². The lowest BCUT2D eigenvalue weighted by Gasteiger charge is -2.36. The minimum absolute atomic E-state index is 0.0263. The first-order valence-corrected chi connectivity index (χ1v) is 12.5. The number of urea groups is 1. The summed E-state index contributed by atoms with van der Waals surface area (Å²) in [5.74, 6) is 0.552. The Labute approximate surface area is 221 Å². The second kappa shape index (κ2) is 9.64. The van der Waals surface area contributed by atoms with Crippen LogP contribution < -0.4 is 20.5 Å². The maximum Gasteiger partial charge on any atom is 0.387 e. The molecule has 11 nitrogen and oxygen atoms in total. The Morgan fingerprint density at radius 1 is 1.10 bits per heavy atom. The van der Waals surface area contributed by atoms with E-state index < -0.39 is 6.61 Å². The molecule has 3 aromatic heterocycles. The Balaban J connectivity index is 1.30. The predicted molar refractivity (Wildman–Crippen MR) is 139 cm³/mol. The smallest absolute Gasteiger partial charge is 0.387 e. The number of alkyl halides is 2. The molecular weight excluding hydrogens is 510 g/mol. The van der Waals surface area contributed by atoms with Crippen LogP contribution in [-0.2, 0) is 13.6 Å². The van der Waals surface area contributed by atoms with Crippen molar-refractivity contribution >= 4 is 22.9 Å². The number of ether oxygens (including phenoxy) is 1. The number of amides is 2. The molecular formula is C26H26F2N8O3. The van der Waals surface area contributed by atoms with Crippen LogP contribution in [-0.4, -0.2) is 74.1 Å². The average molecular weight is 537 g/mol. The van der Waals surface area contributed by atoms with E-state index in [4.69, 9.17) is 0 Å². The molecule has 1 unspecified atom stereocenters. The van der Waals surface area contributed by atoms with Crippen molar-refractivity contribution in [3.05, 3.63) is 64.5 Å². The lowest BCUT2D eigenvalue weighted by Crippen LogP contribution is -2.52. The van der Waals surface area contributed by atoms with Crippen LogP contribution in [0.4, 0.5) is 19.5 Å². The fourth-order valence-corrected chi connectivity index (χ4v) is 5.22. The van der Waals surface area contributed by atoms with Gasteiger partial charge in [0.1, 0.15) is 11.4 Å². The summed E-state index contributed by atoms with van der Waals surface area (Å²) in [6.07, 6.45) is 3.46. The monoisotopic (exact) mass is 536 g/mol. The number of nitrogens with one attached hydrogen (secondary N) is 1. The van der Waals surface area contributed by atoms with Crippen LogP contribution in [0.25, 0.3) is 22.0 Å². The molecule has 2 saturated heterocycles. The van der Waals surface area contributed by atoms with E-state index in [-0.39, 0.29) is 29.9 Å². The maximum atomic E-state index is 13.0. The molecule has 0 saturated carbocycles. The second-order valence-corrected chi connectivity index (χ2v) is 9.65. The number of piperazine rings is 1. The number of rotatable bonds is 6. The van der Waals surface area contributed by atoms with Crippen LogP contribution in [0.2, 0.25) is 0 Å². The Morgan fingerprint density at radius 2 is 1.90 bits per heavy atom. The van der Waals surface area contributed by atoms with Crippen molar-refractivity contribution in [1.82, 2.24) is 34.5 Å². The number of hydrogen-bond donors (Lipinski definition) is 1. The number of aryl methyl sites for hydroxylation is 1. The van der Waals surface area contributed by atoms with E-state index in [1.54, 1.807) is 43.2 Å². The third-order valence-corrected chi connectivity index (χ3v) is 7.24. The van der Waals surface area contributed by atoms with E-state index >= 15 is 0 Å². The molecule has 0 radical (unpaired) electrons. The molecule has 13 heteroatoms. The van der Waals surface area contributed by atoms with Gasteiger partial charge in [0.25, 0.3) is 5.56 Å². The number of fused-ring (bicyclic) bond motifs is 2. The van der Waals surface area contributed by atoms with Crippen LogP contribution >= 0.6 is 0 Å². The van der Waals surface area contributed by atoms with E-state index in [0.29, 0.717) is 54.4 Å². The van der Waals surface area contributed by atoms with E-state index in [1.807, 2.05) is 17.0 Å². The van der Waals surface area contributed by atoms with Crippen LogP contribution in [0.1, 0.15) is 11.4 Å². The third kappa shape index (κ3) is 4.53. The van der Waals surface area contributed by atoms with Crippen LogP contribution in [0.3, 0.4) is 0 Å². The number of halogens is 2. The summed E-state index contributed by atoms with van der Waals surface area (Å²) in [5.41, 5.74) is 2.89. The molecule has 2 aliphatic heterocycles. The quantitative estimate of drug-likeness (QED) is 0.403. The molecule has 0 aliphatic carbocycles. The first kappa shape index (κ1) is 24.8. The van der Waals surface area contributed by atoms with Gasteiger partial charge in [-0.15, -0.1) is 0 Å². The Morgan fingerprint density at radius 3 is 2.67 bits per heavy atom. The van der Waals surface area contributed by atoms with Crippen molar-refractivity contribution in [3.63, 3.8) is 0 Å². The predicted octanol–water partition coefficient (Wildman–Crippen LogP) is 2.36. The van der Waals surface area contributed by atoms with Crippen LogP contribution in [0.5, 0.6) is 5.75 Å². The Bertz CT molecular complexity index is 1620. The molecule has 2 amide bonds. The Hall–Kier alpha value is -4.55. The lowest BCUT2D eigenvalue weighted by atomic mass is 10.1. The summed E-state index contributed by atoms with van der Waals surface area (Å²) in [6.45, 7) is 1.36. The zero-order chi connectivity index (χ0) is 27.3. The summed E-state index contributed by atoms with van der Waals surface area (Å²) in [6, 6.07) is 8.55. The topological polar surface area (TPSA) is 110 Å². The van der Waals surface area contributed by atoms with Gasteiger partial charge in [0.15, 0.2) is 0 Å². The van der Waals surface area contributed by atoms with Gasteiger partial charge in [0.05, 0.1) is 23.5 Å². The number of aromatic nitrogens is 5. The standard InChI is InChI=1S/C26H26F2N8O3/c1-15-3-6-22(39-24(27)28)20(32-15)14-36-21-9-16(4-5-19(21)23(37)33(36)2)17-10-29-25(30-11-17)34-7-8-35-18(13-34)12-31-26(35)38/h3-6,9-11,18,24H,7-8,12-14H2,1-2H3,(H,31,38). The summed E-state index contributed by atoms with van der Waals surface area (Å²) in [4.78, 5) is 42.3. The maximum absolute atomic E-state index is 13.0. The van der Waals surface area contributed by atoms with Gasteiger partial charge in [0, 0.05) is 56.9 Å². The highest BCUT2D eigenvalue weighted by molar-refractivity contribution is 5.84. The van der Waals surface area contributed by atoms with Crippen molar-refractivity contribution in [2.75, 3.05) is 31.1 Å². The minimum Gasteiger partial charge on any atom is -0.433 e. The van der Waals surface area contributed by atoms with Crippen LogP contribution in [0, 0.1) is 6.92 Å². The first-order valence-electron chi connectivity index (χ1n) is 12.5. The highest BCUT2D eigenvalue weighted by atomic mass is 19.3. The average Bonchev–Trinajstić information content (AvgIpc) is 3.42. The highest BCUT2D eigenvalue weighted by Gasteiger charge is 2.36. The van der Waals surface area contributed by atoms with Crippen molar-refractivity contribution in [2.24, 2.45) is 7.05 Å². The third-order valence-electron chi connectivity index (χ3n) is 7.24. The summed E-state index contributed by atoms with van der Waals surface area (Å²) in [5, 5.41) is 3.35. The number of pyridine rings is 1. The first-order chi connectivity index (χ1) is 18.8. The van der Waals surface area contributed by atoms with Gasteiger partial charge in [-0.2, -0.15) is 8.78 Å². The minimum atomic E-state index is -2.99. The zero-order valence-electron chi connectivity index (χ0n) is 21.3. The highest BCUT2D eigenvalue weighted by Crippen LogP contribution is 2.26. The van der Waals surface area contributed by atoms with Crippen molar-refractivity contribution in [1.29, 1.82) is 0 Å². The summed E-state index contributed by atoms with van der Waals surface area (Å²) >= 11 is 0. The number of benzene rings is 1. The molecule has 0 bridgehead atoms. The molecule has 6 rings (SSSR count). The molecule has 2 fully saturated rings. The lowest BCUT2D eigenvalue weighted by molar-refractivity contribution is -0.0508. The number of nitrogens with zero attached hydrogens (tertiary/aromatic N) is 7. The zero-order valence-corrected chi connectivity index (χ0v) is 21.3. The van der Waals surface area contributed by atoms with Crippen LogP contribution in [0.15, 0.2) is 47.5 Å². The Kier molecular flexibility index (Phi) is 6.12. The van der Waals surface area contributed by atoms with Gasteiger partial charge in [0.2, 0.25) is 5.95 Å². The van der Waals surface area contributed by atoms with E-state index in [9.17, 15) is 18.4 Å². The number of carbonyl (C=O) groups is 1. The van der Waals surface area contributed by atoms with Gasteiger partial charge in [-0.05, 0) is 36.8 Å². The van der Waals surface area contributed by atoms with Gasteiger partial charge in [-0.3, -0.25) is 19.1 Å².